The zero-order valence-electron chi connectivity index (χ0n) is 11.1. The molecule has 104 valence electrons. The lowest BCUT2D eigenvalue weighted by Crippen LogP contribution is -2.27. The Bertz CT molecular complexity index is 583. The molecule has 0 bridgehead atoms. The summed E-state index contributed by atoms with van der Waals surface area (Å²) in [5, 5.41) is 4.83. The van der Waals surface area contributed by atoms with Crippen molar-refractivity contribution in [2.45, 2.75) is 56.4 Å². The molecule has 3 fully saturated rings. The molecule has 2 aliphatic carbocycles. The normalized spacial score (nSPS) is 27.6. The van der Waals surface area contributed by atoms with E-state index >= 15 is 0 Å². The van der Waals surface area contributed by atoms with Crippen LogP contribution < -0.4 is 0 Å². The van der Waals surface area contributed by atoms with E-state index in [1.165, 1.54) is 37.1 Å². The molecule has 0 N–H and O–H groups in total. The number of nitrogens with zero attached hydrogens (tertiary/aromatic N) is 2. The largest absolute Gasteiger partial charge is 0.266 e. The quantitative estimate of drug-likeness (QED) is 0.854. The van der Waals surface area contributed by atoms with E-state index in [0.29, 0.717) is 29.4 Å². The highest BCUT2D eigenvalue weighted by Gasteiger charge is 2.35. The van der Waals surface area contributed by atoms with E-state index in [1.54, 1.807) is 0 Å². The van der Waals surface area contributed by atoms with Gasteiger partial charge in [-0.2, -0.15) is 5.10 Å². The molecule has 0 unspecified atom stereocenters. The van der Waals surface area contributed by atoms with Gasteiger partial charge in [0, 0.05) is 17.5 Å². The van der Waals surface area contributed by atoms with Gasteiger partial charge in [-0.25, -0.2) is 8.42 Å². The van der Waals surface area contributed by atoms with Gasteiger partial charge in [0.05, 0.1) is 23.2 Å². The second-order valence-electron chi connectivity index (χ2n) is 6.37. The number of sulfone groups is 1. The van der Waals surface area contributed by atoms with Crippen molar-refractivity contribution in [3.63, 3.8) is 0 Å². The molecule has 1 aliphatic heterocycles. The lowest BCUT2D eigenvalue weighted by molar-refractivity contribution is 0.399. The summed E-state index contributed by atoms with van der Waals surface area (Å²) in [5.41, 5.74) is 2.64. The van der Waals surface area contributed by atoms with Crippen LogP contribution >= 0.6 is 0 Å². The number of rotatable bonds is 3. The van der Waals surface area contributed by atoms with Crippen molar-refractivity contribution in [2.75, 3.05) is 11.5 Å². The van der Waals surface area contributed by atoms with E-state index < -0.39 is 9.84 Å². The van der Waals surface area contributed by atoms with Crippen molar-refractivity contribution in [3.8, 4) is 0 Å². The zero-order valence-corrected chi connectivity index (χ0v) is 11.9. The average Bonchev–Trinajstić information content (AvgIpc) is 3.28. The summed E-state index contributed by atoms with van der Waals surface area (Å²) in [6, 6.07) is 2.62. The van der Waals surface area contributed by atoms with Gasteiger partial charge in [-0.15, -0.1) is 0 Å². The van der Waals surface area contributed by atoms with Crippen LogP contribution in [-0.2, 0) is 9.84 Å². The Balaban J connectivity index is 1.62. The summed E-state index contributed by atoms with van der Waals surface area (Å²) in [7, 11) is -2.78. The van der Waals surface area contributed by atoms with Gasteiger partial charge in [-0.3, -0.25) is 4.68 Å². The summed E-state index contributed by atoms with van der Waals surface area (Å²) in [6.07, 6.45) is 6.60. The lowest BCUT2D eigenvalue weighted by Gasteiger charge is -2.24. The molecule has 0 aromatic carbocycles. The minimum atomic E-state index is -2.78. The average molecular weight is 280 g/mol. The minimum absolute atomic E-state index is 0.312. The molecule has 1 aromatic heterocycles. The topological polar surface area (TPSA) is 52.0 Å². The van der Waals surface area contributed by atoms with E-state index in [9.17, 15) is 8.42 Å². The molecule has 4 rings (SSSR count). The van der Waals surface area contributed by atoms with Crippen molar-refractivity contribution < 1.29 is 8.42 Å². The molecule has 3 aliphatic rings. The van der Waals surface area contributed by atoms with Gasteiger partial charge in [-0.05, 0) is 44.6 Å². The molecule has 1 saturated heterocycles. The minimum Gasteiger partial charge on any atom is -0.266 e. The van der Waals surface area contributed by atoms with E-state index in [2.05, 4.69) is 10.7 Å². The molecule has 0 radical (unpaired) electrons. The van der Waals surface area contributed by atoms with Crippen LogP contribution in [0.3, 0.4) is 0 Å². The molecule has 2 saturated carbocycles. The fourth-order valence-electron chi connectivity index (χ4n) is 3.11. The molecule has 0 atom stereocenters. The van der Waals surface area contributed by atoms with Crippen molar-refractivity contribution >= 4 is 9.84 Å². The molecule has 5 heteroatoms. The SMILES string of the molecule is O=S1(=O)CCC(n2nc(C3CC3)cc2C2CC2)CC1. The fourth-order valence-corrected chi connectivity index (χ4v) is 4.57. The highest BCUT2D eigenvalue weighted by Crippen LogP contribution is 2.46. The molecular formula is C14H20N2O2S. The second kappa shape index (κ2) is 4.08. The highest BCUT2D eigenvalue weighted by molar-refractivity contribution is 7.91. The molecular weight excluding hydrogens is 260 g/mol. The summed E-state index contributed by atoms with van der Waals surface area (Å²) in [4.78, 5) is 0. The maximum Gasteiger partial charge on any atom is 0.150 e. The van der Waals surface area contributed by atoms with Crippen LogP contribution in [0.15, 0.2) is 6.07 Å². The van der Waals surface area contributed by atoms with Gasteiger partial charge in [0.1, 0.15) is 9.84 Å². The van der Waals surface area contributed by atoms with Crippen molar-refractivity contribution in [3.05, 3.63) is 17.5 Å². The Morgan fingerprint density at radius 2 is 1.63 bits per heavy atom. The predicted octanol–water partition coefficient (Wildman–Crippen LogP) is 2.39. The van der Waals surface area contributed by atoms with Crippen LogP contribution in [0.1, 0.15) is 67.8 Å². The first-order valence-electron chi connectivity index (χ1n) is 7.42. The molecule has 2 heterocycles. The van der Waals surface area contributed by atoms with Crippen LogP contribution in [0.25, 0.3) is 0 Å². The summed E-state index contributed by atoms with van der Waals surface area (Å²) in [6.45, 7) is 0. The third-order valence-corrected chi connectivity index (χ3v) is 6.36. The zero-order chi connectivity index (χ0) is 13.0. The van der Waals surface area contributed by atoms with E-state index in [-0.39, 0.29) is 0 Å². The molecule has 4 nitrogen and oxygen atoms in total. The Kier molecular flexibility index (Phi) is 2.56. The van der Waals surface area contributed by atoms with Crippen LogP contribution in [0, 0.1) is 0 Å². The predicted molar refractivity (Wildman–Crippen MR) is 73.1 cm³/mol. The third-order valence-electron chi connectivity index (χ3n) is 4.64. The third kappa shape index (κ3) is 2.33. The van der Waals surface area contributed by atoms with Gasteiger partial charge in [0.2, 0.25) is 0 Å². The number of aromatic nitrogens is 2. The van der Waals surface area contributed by atoms with Gasteiger partial charge >= 0.3 is 0 Å². The van der Waals surface area contributed by atoms with Crippen molar-refractivity contribution in [2.24, 2.45) is 0 Å². The summed E-state index contributed by atoms with van der Waals surface area (Å²) >= 11 is 0. The number of hydrogen-bond acceptors (Lipinski definition) is 3. The molecule has 0 spiro atoms. The van der Waals surface area contributed by atoms with Crippen LogP contribution in [0.2, 0.25) is 0 Å². The van der Waals surface area contributed by atoms with Crippen molar-refractivity contribution in [1.82, 2.24) is 9.78 Å². The standard InChI is InChI=1S/C14H20N2O2S/c17-19(18)7-5-12(6-8-19)16-14(11-3-4-11)9-13(15-16)10-1-2-10/h9-12H,1-8H2. The molecule has 1 aromatic rings. The Morgan fingerprint density at radius 3 is 2.21 bits per heavy atom. The Hall–Kier alpha value is -0.840. The van der Waals surface area contributed by atoms with Crippen LogP contribution in [0.4, 0.5) is 0 Å². The van der Waals surface area contributed by atoms with Gasteiger partial charge < -0.3 is 0 Å². The van der Waals surface area contributed by atoms with Crippen LogP contribution in [-0.4, -0.2) is 29.7 Å². The van der Waals surface area contributed by atoms with Crippen LogP contribution in [0.5, 0.6) is 0 Å². The van der Waals surface area contributed by atoms with Gasteiger partial charge in [-0.1, -0.05) is 0 Å². The van der Waals surface area contributed by atoms with Gasteiger partial charge in [0.25, 0.3) is 0 Å². The first kappa shape index (κ1) is 11.9. The first-order chi connectivity index (χ1) is 9.12. The number of hydrogen-bond donors (Lipinski definition) is 0. The Morgan fingerprint density at radius 1 is 1.00 bits per heavy atom. The summed E-state index contributed by atoms with van der Waals surface area (Å²) in [5.74, 6) is 2.05. The smallest absolute Gasteiger partial charge is 0.150 e. The van der Waals surface area contributed by atoms with Gasteiger partial charge in [0.15, 0.2) is 0 Å². The van der Waals surface area contributed by atoms with E-state index in [0.717, 1.165) is 12.8 Å². The summed E-state index contributed by atoms with van der Waals surface area (Å²) < 4.78 is 25.3. The molecule has 19 heavy (non-hydrogen) atoms. The maximum atomic E-state index is 11.6. The molecule has 0 amide bonds. The van der Waals surface area contributed by atoms with E-state index in [1.807, 2.05) is 0 Å². The Labute approximate surface area is 114 Å². The monoisotopic (exact) mass is 280 g/mol. The first-order valence-corrected chi connectivity index (χ1v) is 9.24. The maximum absolute atomic E-state index is 11.6. The fraction of sp³-hybridized carbons (Fsp3) is 0.786. The van der Waals surface area contributed by atoms with Crippen molar-refractivity contribution in [1.29, 1.82) is 0 Å². The second-order valence-corrected chi connectivity index (χ2v) is 8.67. The highest BCUT2D eigenvalue weighted by atomic mass is 32.2. The van der Waals surface area contributed by atoms with E-state index in [4.69, 9.17) is 5.10 Å². The lowest BCUT2D eigenvalue weighted by atomic mass is 10.1.